The zero-order chi connectivity index (χ0) is 13.4. The molecule has 2 N–H and O–H groups in total. The summed E-state index contributed by atoms with van der Waals surface area (Å²) in [7, 11) is 0. The lowest BCUT2D eigenvalue weighted by atomic mass is 10.1. The summed E-state index contributed by atoms with van der Waals surface area (Å²) in [4.78, 5) is 0. The minimum Gasteiger partial charge on any atom is -0.459 e. The van der Waals surface area contributed by atoms with Crippen LogP contribution in [0.15, 0.2) is 52.9 Å². The maximum Gasteiger partial charge on any atom is 0.134 e. The van der Waals surface area contributed by atoms with Crippen molar-refractivity contribution in [1.29, 1.82) is 0 Å². The van der Waals surface area contributed by atoms with Gasteiger partial charge in [0.25, 0.3) is 0 Å². The second kappa shape index (κ2) is 4.89. The van der Waals surface area contributed by atoms with Gasteiger partial charge in [-0.25, -0.2) is 0 Å². The molecule has 19 heavy (non-hydrogen) atoms. The van der Waals surface area contributed by atoms with Gasteiger partial charge >= 0.3 is 0 Å². The number of halogens is 2. The number of hydrogen-bond acceptors (Lipinski definition) is 2. The van der Waals surface area contributed by atoms with Crippen molar-refractivity contribution in [3.63, 3.8) is 0 Å². The molecule has 0 saturated carbocycles. The molecule has 2 aromatic carbocycles. The molecule has 4 heteroatoms. The number of furan rings is 1. The van der Waals surface area contributed by atoms with Crippen molar-refractivity contribution < 1.29 is 4.42 Å². The van der Waals surface area contributed by atoms with Gasteiger partial charge in [-0.1, -0.05) is 47.5 Å². The van der Waals surface area contributed by atoms with E-state index in [9.17, 15) is 0 Å². The van der Waals surface area contributed by atoms with E-state index in [-0.39, 0.29) is 0 Å². The van der Waals surface area contributed by atoms with Gasteiger partial charge < -0.3 is 10.2 Å². The minimum atomic E-state index is -0.405. The third-order valence-corrected chi connectivity index (χ3v) is 3.61. The Hall–Kier alpha value is -1.48. The highest BCUT2D eigenvalue weighted by molar-refractivity contribution is 6.35. The van der Waals surface area contributed by atoms with Crippen molar-refractivity contribution in [3.05, 3.63) is 69.9 Å². The summed E-state index contributed by atoms with van der Waals surface area (Å²) in [5, 5.41) is 2.16. The molecular formula is C15H11Cl2NO. The summed E-state index contributed by atoms with van der Waals surface area (Å²) in [6, 6.07) is 14.6. The van der Waals surface area contributed by atoms with Crippen molar-refractivity contribution >= 4 is 34.2 Å². The topological polar surface area (TPSA) is 39.2 Å². The Morgan fingerprint density at radius 1 is 1.00 bits per heavy atom. The number of fused-ring (bicyclic) bond motifs is 1. The molecule has 3 aromatic rings. The summed E-state index contributed by atoms with van der Waals surface area (Å²) < 4.78 is 5.75. The largest absolute Gasteiger partial charge is 0.459 e. The van der Waals surface area contributed by atoms with Gasteiger partial charge in [0.15, 0.2) is 0 Å². The maximum absolute atomic E-state index is 6.21. The number of benzene rings is 2. The van der Waals surface area contributed by atoms with Crippen LogP contribution in [0.4, 0.5) is 0 Å². The predicted molar refractivity (Wildman–Crippen MR) is 78.7 cm³/mol. The van der Waals surface area contributed by atoms with Gasteiger partial charge in [-0.15, -0.1) is 0 Å². The smallest absolute Gasteiger partial charge is 0.134 e. The Balaban J connectivity index is 2.05. The van der Waals surface area contributed by atoms with Crippen LogP contribution in [-0.2, 0) is 0 Å². The van der Waals surface area contributed by atoms with Crippen molar-refractivity contribution in [3.8, 4) is 0 Å². The first-order valence-electron chi connectivity index (χ1n) is 5.84. The van der Waals surface area contributed by atoms with Gasteiger partial charge in [0.05, 0.1) is 6.04 Å². The monoisotopic (exact) mass is 291 g/mol. The molecule has 1 unspecified atom stereocenters. The van der Waals surface area contributed by atoms with E-state index in [1.807, 2.05) is 36.4 Å². The first-order valence-corrected chi connectivity index (χ1v) is 6.60. The standard InChI is InChI=1S/C15H11Cl2NO/c16-10-5-6-11(12(17)8-10)15(18)14-7-9-3-1-2-4-13(9)19-14/h1-8,15H,18H2. The zero-order valence-corrected chi connectivity index (χ0v) is 11.4. The van der Waals surface area contributed by atoms with Crippen molar-refractivity contribution in [2.75, 3.05) is 0 Å². The van der Waals surface area contributed by atoms with Crippen molar-refractivity contribution in [2.24, 2.45) is 5.73 Å². The number of para-hydroxylation sites is 1. The minimum absolute atomic E-state index is 0.405. The molecule has 0 fully saturated rings. The summed E-state index contributed by atoms with van der Waals surface area (Å²) >= 11 is 12.1. The van der Waals surface area contributed by atoms with Gasteiger partial charge in [0, 0.05) is 15.4 Å². The van der Waals surface area contributed by atoms with Gasteiger partial charge in [-0.05, 0) is 29.8 Å². The third-order valence-electron chi connectivity index (χ3n) is 3.05. The average Bonchev–Trinajstić information content (AvgIpc) is 2.81. The fourth-order valence-electron chi connectivity index (χ4n) is 2.06. The lowest BCUT2D eigenvalue weighted by molar-refractivity contribution is 0.525. The molecule has 0 radical (unpaired) electrons. The molecule has 1 aromatic heterocycles. The number of rotatable bonds is 2. The average molecular weight is 292 g/mol. The molecule has 1 atom stereocenters. The van der Waals surface area contributed by atoms with E-state index in [1.165, 1.54) is 0 Å². The summed E-state index contributed by atoms with van der Waals surface area (Å²) in [5.41, 5.74) is 7.82. The Kier molecular flexibility index (Phi) is 3.23. The predicted octanol–water partition coefficient (Wildman–Crippen LogP) is 4.79. The van der Waals surface area contributed by atoms with Crippen LogP contribution in [0, 0.1) is 0 Å². The summed E-state index contributed by atoms with van der Waals surface area (Å²) in [5.74, 6) is 0.686. The van der Waals surface area contributed by atoms with E-state index in [0.717, 1.165) is 16.5 Å². The fraction of sp³-hybridized carbons (Fsp3) is 0.0667. The van der Waals surface area contributed by atoms with Crippen LogP contribution < -0.4 is 5.73 Å². The first kappa shape index (κ1) is 12.5. The highest BCUT2D eigenvalue weighted by atomic mass is 35.5. The van der Waals surface area contributed by atoms with E-state index in [4.69, 9.17) is 33.4 Å². The molecule has 0 bridgehead atoms. The van der Waals surface area contributed by atoms with Gasteiger partial charge in [0.1, 0.15) is 11.3 Å². The Labute approximate surface area is 120 Å². The maximum atomic E-state index is 6.21. The molecular weight excluding hydrogens is 281 g/mol. The molecule has 0 aliphatic rings. The summed E-state index contributed by atoms with van der Waals surface area (Å²) in [6.07, 6.45) is 0. The third kappa shape index (κ3) is 2.35. The van der Waals surface area contributed by atoms with E-state index < -0.39 is 6.04 Å². The lowest BCUT2D eigenvalue weighted by Crippen LogP contribution is -2.11. The number of nitrogens with two attached hydrogens (primary N) is 1. The normalized spacial score (nSPS) is 12.8. The highest BCUT2D eigenvalue weighted by Gasteiger charge is 2.17. The molecule has 1 heterocycles. The lowest BCUT2D eigenvalue weighted by Gasteiger charge is -2.11. The first-order chi connectivity index (χ1) is 9.15. The van der Waals surface area contributed by atoms with Crippen molar-refractivity contribution in [1.82, 2.24) is 0 Å². The van der Waals surface area contributed by atoms with E-state index in [2.05, 4.69) is 0 Å². The van der Waals surface area contributed by atoms with Crippen LogP contribution in [0.3, 0.4) is 0 Å². The van der Waals surface area contributed by atoms with Crippen LogP contribution in [0.2, 0.25) is 10.0 Å². The molecule has 0 amide bonds. The zero-order valence-electron chi connectivity index (χ0n) is 9.94. The van der Waals surface area contributed by atoms with Crippen LogP contribution in [0.5, 0.6) is 0 Å². The fourth-order valence-corrected chi connectivity index (χ4v) is 2.59. The Morgan fingerprint density at radius 3 is 2.53 bits per heavy atom. The molecule has 0 spiro atoms. The number of hydrogen-bond donors (Lipinski definition) is 1. The molecule has 2 nitrogen and oxygen atoms in total. The second-order valence-electron chi connectivity index (χ2n) is 4.33. The molecule has 96 valence electrons. The highest BCUT2D eigenvalue weighted by Crippen LogP contribution is 2.31. The summed E-state index contributed by atoms with van der Waals surface area (Å²) in [6.45, 7) is 0. The van der Waals surface area contributed by atoms with E-state index in [1.54, 1.807) is 12.1 Å². The van der Waals surface area contributed by atoms with Crippen LogP contribution in [0.25, 0.3) is 11.0 Å². The molecule has 0 saturated heterocycles. The van der Waals surface area contributed by atoms with Crippen molar-refractivity contribution in [2.45, 2.75) is 6.04 Å². The molecule has 3 rings (SSSR count). The van der Waals surface area contributed by atoms with Gasteiger partial charge in [-0.3, -0.25) is 0 Å². The molecule has 0 aliphatic carbocycles. The quantitative estimate of drug-likeness (QED) is 0.737. The van der Waals surface area contributed by atoms with Crippen LogP contribution in [0.1, 0.15) is 17.4 Å². The van der Waals surface area contributed by atoms with Gasteiger partial charge in [-0.2, -0.15) is 0 Å². The van der Waals surface area contributed by atoms with E-state index in [0.29, 0.717) is 15.8 Å². The van der Waals surface area contributed by atoms with Crippen LogP contribution >= 0.6 is 23.2 Å². The SMILES string of the molecule is NC(c1cc2ccccc2o1)c1ccc(Cl)cc1Cl. The Morgan fingerprint density at radius 2 is 1.79 bits per heavy atom. The Bertz CT molecular complexity index is 703. The molecule has 0 aliphatic heterocycles. The second-order valence-corrected chi connectivity index (χ2v) is 5.17. The van der Waals surface area contributed by atoms with E-state index >= 15 is 0 Å². The van der Waals surface area contributed by atoms with Crippen LogP contribution in [-0.4, -0.2) is 0 Å². The van der Waals surface area contributed by atoms with Gasteiger partial charge in [0.2, 0.25) is 0 Å².